The molecular formula is C13H16N2. The van der Waals surface area contributed by atoms with Crippen LogP contribution < -0.4 is 0 Å². The molecule has 0 N–H and O–H groups in total. The summed E-state index contributed by atoms with van der Waals surface area (Å²) in [7, 11) is 0. The van der Waals surface area contributed by atoms with Crippen molar-refractivity contribution in [3.05, 3.63) is 29.6 Å². The van der Waals surface area contributed by atoms with E-state index in [1.807, 2.05) is 0 Å². The lowest BCUT2D eigenvalue weighted by Gasteiger charge is -2.05. The zero-order valence-corrected chi connectivity index (χ0v) is 9.16. The normalized spacial score (nSPS) is 16.3. The van der Waals surface area contributed by atoms with E-state index in [9.17, 15) is 0 Å². The van der Waals surface area contributed by atoms with Gasteiger partial charge in [0.05, 0.1) is 11.0 Å². The van der Waals surface area contributed by atoms with Crippen molar-refractivity contribution in [3.63, 3.8) is 0 Å². The number of para-hydroxylation sites is 1. The van der Waals surface area contributed by atoms with Gasteiger partial charge < -0.3 is 4.57 Å². The Morgan fingerprint density at radius 2 is 2.13 bits per heavy atom. The number of hydrogen-bond donors (Lipinski definition) is 0. The van der Waals surface area contributed by atoms with E-state index < -0.39 is 0 Å². The van der Waals surface area contributed by atoms with Gasteiger partial charge in [0, 0.05) is 13.0 Å². The van der Waals surface area contributed by atoms with E-state index in [1.54, 1.807) is 0 Å². The lowest BCUT2D eigenvalue weighted by Crippen LogP contribution is -2.00. The molecule has 0 aliphatic carbocycles. The van der Waals surface area contributed by atoms with Crippen LogP contribution in [0.2, 0.25) is 0 Å². The molecule has 0 radical (unpaired) electrons. The minimum absolute atomic E-state index is 1.15. The van der Waals surface area contributed by atoms with E-state index in [0.717, 1.165) is 13.0 Å². The standard InChI is InChI=1S/C13H16N2/c1-10-6-5-7-11-13(10)15-9-4-2-3-8-12(15)14-11/h5-7H,2-4,8-9H2,1H3. The van der Waals surface area contributed by atoms with E-state index in [-0.39, 0.29) is 0 Å². The van der Waals surface area contributed by atoms with Crippen LogP contribution in [0.3, 0.4) is 0 Å². The Bertz CT molecular complexity index is 496. The Balaban J connectivity index is 2.29. The second-order valence-electron chi connectivity index (χ2n) is 4.43. The summed E-state index contributed by atoms with van der Waals surface area (Å²) >= 11 is 0. The lowest BCUT2D eigenvalue weighted by atomic mass is 10.2. The summed E-state index contributed by atoms with van der Waals surface area (Å²) in [5.41, 5.74) is 3.88. The Morgan fingerprint density at radius 3 is 3.07 bits per heavy atom. The molecule has 0 amide bonds. The highest BCUT2D eigenvalue weighted by molar-refractivity contribution is 5.79. The van der Waals surface area contributed by atoms with E-state index in [2.05, 4.69) is 29.7 Å². The minimum atomic E-state index is 1.15. The van der Waals surface area contributed by atoms with Crippen molar-refractivity contribution in [3.8, 4) is 0 Å². The first-order chi connectivity index (χ1) is 7.36. The van der Waals surface area contributed by atoms with Crippen LogP contribution in [-0.2, 0) is 13.0 Å². The van der Waals surface area contributed by atoms with E-state index in [0.29, 0.717) is 0 Å². The monoisotopic (exact) mass is 200 g/mol. The fourth-order valence-corrected chi connectivity index (χ4v) is 2.57. The molecule has 2 heteroatoms. The summed E-state index contributed by atoms with van der Waals surface area (Å²) in [6, 6.07) is 6.41. The summed E-state index contributed by atoms with van der Waals surface area (Å²) in [6.07, 6.45) is 5.08. The third-order valence-corrected chi connectivity index (χ3v) is 3.33. The molecule has 0 spiro atoms. The van der Waals surface area contributed by atoms with Crippen molar-refractivity contribution in [2.24, 2.45) is 0 Å². The number of hydrogen-bond acceptors (Lipinski definition) is 1. The molecular weight excluding hydrogens is 184 g/mol. The zero-order chi connectivity index (χ0) is 10.3. The molecule has 78 valence electrons. The number of aryl methyl sites for hydroxylation is 3. The van der Waals surface area contributed by atoms with Crippen LogP contribution in [0.15, 0.2) is 18.2 Å². The molecule has 0 bridgehead atoms. The summed E-state index contributed by atoms with van der Waals surface area (Å²) < 4.78 is 2.43. The molecule has 2 aromatic rings. The summed E-state index contributed by atoms with van der Waals surface area (Å²) in [5.74, 6) is 1.29. The van der Waals surface area contributed by atoms with Crippen molar-refractivity contribution in [1.29, 1.82) is 0 Å². The van der Waals surface area contributed by atoms with Gasteiger partial charge in [-0.15, -0.1) is 0 Å². The van der Waals surface area contributed by atoms with Crippen LogP contribution in [0.1, 0.15) is 30.7 Å². The van der Waals surface area contributed by atoms with Crippen LogP contribution in [0, 0.1) is 6.92 Å². The molecule has 15 heavy (non-hydrogen) atoms. The molecule has 1 aromatic carbocycles. The molecule has 0 saturated heterocycles. The maximum absolute atomic E-state index is 4.74. The number of aromatic nitrogens is 2. The van der Waals surface area contributed by atoms with Crippen LogP contribution in [0.25, 0.3) is 11.0 Å². The number of benzene rings is 1. The predicted octanol–water partition coefficient (Wildman–Crippen LogP) is 3.07. The van der Waals surface area contributed by atoms with Gasteiger partial charge in [-0.1, -0.05) is 18.6 Å². The van der Waals surface area contributed by atoms with Crippen LogP contribution in [0.5, 0.6) is 0 Å². The van der Waals surface area contributed by atoms with Gasteiger partial charge in [0.25, 0.3) is 0 Å². The Morgan fingerprint density at radius 1 is 1.20 bits per heavy atom. The van der Waals surface area contributed by atoms with Crippen molar-refractivity contribution in [1.82, 2.24) is 9.55 Å². The van der Waals surface area contributed by atoms with Gasteiger partial charge in [0.2, 0.25) is 0 Å². The highest BCUT2D eigenvalue weighted by Gasteiger charge is 2.13. The first-order valence-electron chi connectivity index (χ1n) is 5.81. The van der Waals surface area contributed by atoms with Crippen LogP contribution >= 0.6 is 0 Å². The maximum Gasteiger partial charge on any atom is 0.109 e. The van der Waals surface area contributed by atoms with Crippen LogP contribution in [0.4, 0.5) is 0 Å². The topological polar surface area (TPSA) is 17.8 Å². The summed E-state index contributed by atoms with van der Waals surface area (Å²) in [6.45, 7) is 3.33. The van der Waals surface area contributed by atoms with Gasteiger partial charge in [0.15, 0.2) is 0 Å². The smallest absolute Gasteiger partial charge is 0.109 e. The molecule has 0 atom stereocenters. The van der Waals surface area contributed by atoms with Gasteiger partial charge in [-0.2, -0.15) is 0 Å². The van der Waals surface area contributed by atoms with Crippen molar-refractivity contribution >= 4 is 11.0 Å². The molecule has 0 fully saturated rings. The average Bonchev–Trinajstić information content (AvgIpc) is 2.43. The van der Waals surface area contributed by atoms with E-state index in [1.165, 1.54) is 41.7 Å². The summed E-state index contributed by atoms with van der Waals surface area (Å²) in [4.78, 5) is 4.74. The third-order valence-electron chi connectivity index (χ3n) is 3.33. The molecule has 1 aliphatic heterocycles. The van der Waals surface area contributed by atoms with Crippen molar-refractivity contribution in [2.45, 2.75) is 39.2 Å². The minimum Gasteiger partial charge on any atom is -0.328 e. The van der Waals surface area contributed by atoms with Gasteiger partial charge in [-0.3, -0.25) is 0 Å². The van der Waals surface area contributed by atoms with Gasteiger partial charge >= 0.3 is 0 Å². The molecule has 0 saturated carbocycles. The van der Waals surface area contributed by atoms with Gasteiger partial charge in [-0.25, -0.2) is 4.98 Å². The maximum atomic E-state index is 4.74. The molecule has 3 rings (SSSR count). The second kappa shape index (κ2) is 3.37. The van der Waals surface area contributed by atoms with Gasteiger partial charge in [0.1, 0.15) is 5.82 Å². The fourth-order valence-electron chi connectivity index (χ4n) is 2.57. The second-order valence-corrected chi connectivity index (χ2v) is 4.43. The Kier molecular flexibility index (Phi) is 2.01. The van der Waals surface area contributed by atoms with E-state index in [4.69, 9.17) is 4.98 Å². The Labute approximate surface area is 89.9 Å². The van der Waals surface area contributed by atoms with Crippen molar-refractivity contribution < 1.29 is 0 Å². The molecule has 2 heterocycles. The number of nitrogens with zero attached hydrogens (tertiary/aromatic N) is 2. The van der Waals surface area contributed by atoms with E-state index >= 15 is 0 Å². The molecule has 1 aliphatic rings. The number of imidazole rings is 1. The molecule has 1 aromatic heterocycles. The Hall–Kier alpha value is -1.31. The molecule has 0 unspecified atom stereocenters. The highest BCUT2D eigenvalue weighted by Crippen LogP contribution is 2.24. The third kappa shape index (κ3) is 1.36. The SMILES string of the molecule is Cc1cccc2nc3n(c12)CCCCC3. The lowest BCUT2D eigenvalue weighted by molar-refractivity contribution is 0.646. The first-order valence-corrected chi connectivity index (χ1v) is 5.81. The quantitative estimate of drug-likeness (QED) is 0.639. The van der Waals surface area contributed by atoms with Crippen LogP contribution in [-0.4, -0.2) is 9.55 Å². The largest absolute Gasteiger partial charge is 0.328 e. The first kappa shape index (κ1) is 8.96. The summed E-state index contributed by atoms with van der Waals surface area (Å²) in [5, 5.41) is 0. The number of fused-ring (bicyclic) bond motifs is 3. The van der Waals surface area contributed by atoms with Crippen molar-refractivity contribution in [2.75, 3.05) is 0 Å². The zero-order valence-electron chi connectivity index (χ0n) is 9.16. The molecule has 2 nitrogen and oxygen atoms in total. The van der Waals surface area contributed by atoms with Gasteiger partial charge in [-0.05, 0) is 31.4 Å². The predicted molar refractivity (Wildman–Crippen MR) is 62.0 cm³/mol. The number of rotatable bonds is 0. The highest BCUT2D eigenvalue weighted by atomic mass is 15.1. The fraction of sp³-hybridized carbons (Fsp3) is 0.462. The average molecular weight is 200 g/mol.